The van der Waals surface area contributed by atoms with Crippen LogP contribution in [-0.4, -0.2) is 25.6 Å². The highest BCUT2D eigenvalue weighted by Crippen LogP contribution is 2.25. The van der Waals surface area contributed by atoms with Gasteiger partial charge in [-0.25, -0.2) is 13.6 Å². The van der Waals surface area contributed by atoms with Gasteiger partial charge in [0.25, 0.3) is 5.69 Å². The van der Waals surface area contributed by atoms with Crippen LogP contribution in [0.3, 0.4) is 0 Å². The number of nitrogens with two attached hydrogens (primary N) is 1. The Labute approximate surface area is 105 Å². The second-order valence-corrected chi connectivity index (χ2v) is 5.66. The zero-order valence-electron chi connectivity index (χ0n) is 9.92. The molecular formula is C10H15N3O4S. The van der Waals surface area contributed by atoms with Crippen molar-refractivity contribution in [2.24, 2.45) is 5.14 Å². The van der Waals surface area contributed by atoms with Gasteiger partial charge in [0.05, 0.1) is 10.7 Å². The van der Waals surface area contributed by atoms with Gasteiger partial charge in [-0.2, -0.15) is 0 Å². The molecule has 1 aromatic rings. The van der Waals surface area contributed by atoms with Crippen molar-refractivity contribution in [2.45, 2.75) is 13.3 Å². The lowest BCUT2D eigenvalue weighted by Crippen LogP contribution is -2.18. The number of primary sulfonamides is 1. The van der Waals surface area contributed by atoms with Crippen molar-refractivity contribution in [3.8, 4) is 0 Å². The first-order valence-corrected chi connectivity index (χ1v) is 7.00. The topological polar surface area (TPSA) is 115 Å². The summed E-state index contributed by atoms with van der Waals surface area (Å²) in [5, 5.41) is 18.5. The van der Waals surface area contributed by atoms with Gasteiger partial charge in [0.15, 0.2) is 0 Å². The molecule has 0 unspecified atom stereocenters. The average molecular weight is 273 g/mol. The number of anilines is 1. The SMILES string of the molecule is Cc1ccc(NCCCS(N)(=O)=O)c([N+](=O)[O-])c1. The van der Waals surface area contributed by atoms with Crippen molar-refractivity contribution in [3.05, 3.63) is 33.9 Å². The van der Waals surface area contributed by atoms with E-state index >= 15 is 0 Å². The van der Waals surface area contributed by atoms with Crippen molar-refractivity contribution in [2.75, 3.05) is 17.6 Å². The first-order valence-electron chi connectivity index (χ1n) is 5.29. The van der Waals surface area contributed by atoms with Gasteiger partial charge in [-0.15, -0.1) is 0 Å². The van der Waals surface area contributed by atoms with E-state index in [0.717, 1.165) is 5.56 Å². The first-order chi connectivity index (χ1) is 8.29. The van der Waals surface area contributed by atoms with E-state index in [9.17, 15) is 18.5 Å². The van der Waals surface area contributed by atoms with E-state index in [1.165, 1.54) is 6.07 Å². The standard InChI is InChI=1S/C10H15N3O4S/c1-8-3-4-9(10(7-8)13(14)15)12-5-2-6-18(11,16)17/h3-4,7,12H,2,5-6H2,1H3,(H2,11,16,17). The zero-order valence-corrected chi connectivity index (χ0v) is 10.7. The molecule has 0 aliphatic rings. The fourth-order valence-corrected chi connectivity index (χ4v) is 1.99. The molecule has 0 bridgehead atoms. The minimum Gasteiger partial charge on any atom is -0.379 e. The third kappa shape index (κ3) is 4.68. The summed E-state index contributed by atoms with van der Waals surface area (Å²) in [6.07, 6.45) is 0.296. The largest absolute Gasteiger partial charge is 0.379 e. The third-order valence-corrected chi connectivity index (χ3v) is 3.13. The number of hydrogen-bond donors (Lipinski definition) is 2. The number of nitro groups is 1. The van der Waals surface area contributed by atoms with Crippen molar-refractivity contribution in [1.29, 1.82) is 0 Å². The second kappa shape index (κ2) is 5.78. The Morgan fingerprint density at radius 3 is 2.67 bits per heavy atom. The molecule has 0 fully saturated rings. The summed E-state index contributed by atoms with van der Waals surface area (Å²) in [4.78, 5) is 10.3. The van der Waals surface area contributed by atoms with E-state index in [-0.39, 0.29) is 11.4 Å². The van der Waals surface area contributed by atoms with Crippen molar-refractivity contribution in [1.82, 2.24) is 0 Å². The number of nitro benzene ring substituents is 1. The highest BCUT2D eigenvalue weighted by Gasteiger charge is 2.13. The Balaban J connectivity index is 2.65. The summed E-state index contributed by atoms with van der Waals surface area (Å²) in [5.74, 6) is -0.153. The summed E-state index contributed by atoms with van der Waals surface area (Å²) < 4.78 is 21.4. The molecule has 18 heavy (non-hydrogen) atoms. The fourth-order valence-electron chi connectivity index (χ4n) is 1.44. The summed E-state index contributed by atoms with van der Waals surface area (Å²) in [7, 11) is -3.49. The predicted molar refractivity (Wildman–Crippen MR) is 68.9 cm³/mol. The Kier molecular flexibility index (Phi) is 4.62. The number of nitrogens with one attached hydrogen (secondary N) is 1. The smallest absolute Gasteiger partial charge is 0.292 e. The molecule has 7 nitrogen and oxygen atoms in total. The number of aryl methyl sites for hydroxylation is 1. The molecular weight excluding hydrogens is 258 g/mol. The number of nitrogens with zero attached hydrogens (tertiary/aromatic N) is 1. The lowest BCUT2D eigenvalue weighted by atomic mass is 10.2. The highest BCUT2D eigenvalue weighted by molar-refractivity contribution is 7.89. The molecule has 0 aliphatic carbocycles. The summed E-state index contributed by atoms with van der Waals surface area (Å²) in [6.45, 7) is 2.07. The molecule has 0 saturated heterocycles. The van der Waals surface area contributed by atoms with Gasteiger partial charge in [0.1, 0.15) is 5.69 Å². The van der Waals surface area contributed by atoms with Crippen LogP contribution in [0.25, 0.3) is 0 Å². The van der Waals surface area contributed by atoms with E-state index in [4.69, 9.17) is 5.14 Å². The van der Waals surface area contributed by atoms with E-state index < -0.39 is 14.9 Å². The molecule has 0 aromatic heterocycles. The summed E-state index contributed by atoms with van der Waals surface area (Å²) >= 11 is 0. The summed E-state index contributed by atoms with van der Waals surface area (Å²) in [5.41, 5.74) is 1.14. The van der Waals surface area contributed by atoms with Gasteiger partial charge in [-0.3, -0.25) is 10.1 Å². The summed E-state index contributed by atoms with van der Waals surface area (Å²) in [6, 6.07) is 4.81. The molecule has 0 aliphatic heterocycles. The Morgan fingerprint density at radius 2 is 2.11 bits per heavy atom. The van der Waals surface area contributed by atoms with E-state index in [1.54, 1.807) is 19.1 Å². The van der Waals surface area contributed by atoms with Gasteiger partial charge in [0.2, 0.25) is 10.0 Å². The Hall–Kier alpha value is -1.67. The molecule has 0 amide bonds. The molecule has 0 spiro atoms. The quantitative estimate of drug-likeness (QED) is 0.455. The fraction of sp³-hybridized carbons (Fsp3) is 0.400. The molecule has 100 valence electrons. The molecule has 0 radical (unpaired) electrons. The number of rotatable bonds is 6. The molecule has 0 atom stereocenters. The monoisotopic (exact) mass is 273 g/mol. The second-order valence-electron chi connectivity index (χ2n) is 3.93. The third-order valence-electron chi connectivity index (χ3n) is 2.27. The Morgan fingerprint density at radius 1 is 1.44 bits per heavy atom. The van der Waals surface area contributed by atoms with Crippen molar-refractivity contribution < 1.29 is 13.3 Å². The van der Waals surface area contributed by atoms with E-state index in [1.807, 2.05) is 0 Å². The molecule has 1 aromatic carbocycles. The number of hydrogen-bond acceptors (Lipinski definition) is 5. The molecule has 1 rings (SSSR count). The number of benzene rings is 1. The van der Waals surface area contributed by atoms with Gasteiger partial charge in [-0.05, 0) is 25.0 Å². The van der Waals surface area contributed by atoms with Crippen LogP contribution in [-0.2, 0) is 10.0 Å². The van der Waals surface area contributed by atoms with Crippen LogP contribution in [0.1, 0.15) is 12.0 Å². The maximum Gasteiger partial charge on any atom is 0.292 e. The lowest BCUT2D eigenvalue weighted by molar-refractivity contribution is -0.384. The van der Waals surface area contributed by atoms with Crippen LogP contribution >= 0.6 is 0 Å². The van der Waals surface area contributed by atoms with Crippen LogP contribution < -0.4 is 10.5 Å². The highest BCUT2D eigenvalue weighted by atomic mass is 32.2. The number of sulfonamides is 1. The van der Waals surface area contributed by atoms with Gasteiger partial charge in [-0.1, -0.05) is 6.07 Å². The Bertz CT molecular complexity index is 542. The maximum atomic E-state index is 10.8. The predicted octanol–water partition coefficient (Wildman–Crippen LogP) is 0.994. The van der Waals surface area contributed by atoms with Gasteiger partial charge >= 0.3 is 0 Å². The minimum atomic E-state index is -3.49. The van der Waals surface area contributed by atoms with Crippen LogP contribution in [0.4, 0.5) is 11.4 Å². The lowest BCUT2D eigenvalue weighted by Gasteiger charge is -2.07. The molecule has 0 saturated carbocycles. The average Bonchev–Trinajstić information content (AvgIpc) is 2.24. The molecule has 0 heterocycles. The van der Waals surface area contributed by atoms with Gasteiger partial charge in [0, 0.05) is 12.6 Å². The minimum absolute atomic E-state index is 0.0226. The zero-order chi connectivity index (χ0) is 13.8. The van der Waals surface area contributed by atoms with Crippen LogP contribution in [0.5, 0.6) is 0 Å². The molecule has 3 N–H and O–H groups in total. The van der Waals surface area contributed by atoms with Crippen molar-refractivity contribution >= 4 is 21.4 Å². The molecule has 8 heteroatoms. The van der Waals surface area contributed by atoms with Gasteiger partial charge < -0.3 is 5.32 Å². The first kappa shape index (κ1) is 14.4. The van der Waals surface area contributed by atoms with Crippen molar-refractivity contribution in [3.63, 3.8) is 0 Å². The van der Waals surface area contributed by atoms with E-state index in [2.05, 4.69) is 5.32 Å². The van der Waals surface area contributed by atoms with E-state index in [0.29, 0.717) is 18.7 Å². The van der Waals surface area contributed by atoms with Crippen LogP contribution in [0.2, 0.25) is 0 Å². The van der Waals surface area contributed by atoms with Crippen LogP contribution in [0.15, 0.2) is 18.2 Å². The maximum absolute atomic E-state index is 10.8. The van der Waals surface area contributed by atoms with Crippen LogP contribution in [0, 0.1) is 17.0 Å². The normalized spacial score (nSPS) is 11.2.